The fraction of sp³-hybridized carbons (Fsp3) is 0.594. The monoisotopic (exact) mass is 630 g/mol. The maximum atomic E-state index is 13.2. The van der Waals surface area contributed by atoms with Crippen molar-refractivity contribution in [2.45, 2.75) is 83.7 Å². The minimum Gasteiger partial charge on any atom is -0.493 e. The molecule has 3 aliphatic heterocycles. The highest BCUT2D eigenvalue weighted by molar-refractivity contribution is 6.01. The van der Waals surface area contributed by atoms with Crippen molar-refractivity contribution in [3.63, 3.8) is 0 Å². The van der Waals surface area contributed by atoms with Gasteiger partial charge in [-0.05, 0) is 58.1 Å². The molecule has 3 amide bonds. The van der Waals surface area contributed by atoms with Crippen molar-refractivity contribution in [1.82, 2.24) is 20.0 Å². The lowest BCUT2D eigenvalue weighted by Crippen LogP contribution is -2.38. The topological polar surface area (TPSA) is 130 Å². The second-order valence-corrected chi connectivity index (χ2v) is 11.1. The van der Waals surface area contributed by atoms with Crippen LogP contribution < -0.4 is 15.0 Å². The number of methoxy groups -OCH3 is 1. The number of carbonyl (C=O) groups is 3. The Morgan fingerprint density at radius 1 is 1.11 bits per heavy atom. The van der Waals surface area contributed by atoms with Gasteiger partial charge in [0.15, 0.2) is 17.3 Å². The van der Waals surface area contributed by atoms with Gasteiger partial charge in [-0.3, -0.25) is 19.3 Å². The normalized spacial score (nSPS) is 18.7. The number of nitriles is 1. The van der Waals surface area contributed by atoms with Gasteiger partial charge in [0, 0.05) is 57.9 Å². The predicted octanol–water partition coefficient (Wildman–Crippen LogP) is 4.80. The predicted molar refractivity (Wildman–Crippen MR) is 164 cm³/mol. The second kappa shape index (κ2) is 16.9. The van der Waals surface area contributed by atoms with Gasteiger partial charge in [0.25, 0.3) is 11.8 Å². The number of benzene rings is 1. The van der Waals surface area contributed by atoms with Crippen molar-refractivity contribution in [3.05, 3.63) is 40.6 Å². The molecule has 0 spiro atoms. The summed E-state index contributed by atoms with van der Waals surface area (Å²) in [5.41, 5.74) is 1.49. The molecule has 0 bridgehead atoms. The van der Waals surface area contributed by atoms with Gasteiger partial charge >= 0.3 is 0 Å². The Balaban J connectivity index is 0.000000244. The molecule has 2 saturated heterocycles. The molecule has 1 saturated carbocycles. The van der Waals surface area contributed by atoms with Gasteiger partial charge in [-0.2, -0.15) is 9.49 Å². The summed E-state index contributed by atoms with van der Waals surface area (Å²) in [4.78, 5) is 40.6. The van der Waals surface area contributed by atoms with Gasteiger partial charge in [-0.15, -0.1) is 0 Å². The fourth-order valence-corrected chi connectivity index (χ4v) is 5.56. The van der Waals surface area contributed by atoms with Crippen LogP contribution in [0.25, 0.3) is 0 Å². The van der Waals surface area contributed by atoms with Crippen LogP contribution in [-0.2, 0) is 16.0 Å². The smallest absolute Gasteiger partial charge is 0.274 e. The number of anilines is 1. The minimum atomic E-state index is -1.16. The summed E-state index contributed by atoms with van der Waals surface area (Å²) in [6, 6.07) is 2.49. The highest BCUT2D eigenvalue weighted by Crippen LogP contribution is 2.36. The molecule has 4 aliphatic rings. The summed E-state index contributed by atoms with van der Waals surface area (Å²) in [5, 5.41) is 13.6. The molecule has 4 heterocycles. The molecule has 1 unspecified atom stereocenters. The Morgan fingerprint density at radius 3 is 2.31 bits per heavy atom. The first-order chi connectivity index (χ1) is 21.7. The van der Waals surface area contributed by atoms with E-state index in [9.17, 15) is 23.2 Å². The quantitative estimate of drug-likeness (QED) is 0.502. The maximum Gasteiger partial charge on any atom is 0.274 e. The zero-order chi connectivity index (χ0) is 33.1. The molecular weight excluding hydrogens is 586 g/mol. The number of aromatic nitrogens is 2. The molecule has 13 heteroatoms. The van der Waals surface area contributed by atoms with Gasteiger partial charge in [0.1, 0.15) is 5.82 Å². The van der Waals surface area contributed by atoms with E-state index in [-0.39, 0.29) is 35.2 Å². The Kier molecular flexibility index (Phi) is 13.3. The van der Waals surface area contributed by atoms with Crippen LogP contribution >= 0.6 is 0 Å². The summed E-state index contributed by atoms with van der Waals surface area (Å²) in [5.74, 6) is -2.11. The lowest BCUT2D eigenvalue weighted by molar-refractivity contribution is -0.118. The van der Waals surface area contributed by atoms with E-state index in [1.54, 1.807) is 0 Å². The largest absolute Gasteiger partial charge is 0.493 e. The van der Waals surface area contributed by atoms with Crippen molar-refractivity contribution in [2.24, 2.45) is 0 Å². The number of ether oxygens (including phenoxy) is 2. The van der Waals surface area contributed by atoms with E-state index in [1.165, 1.54) is 33.4 Å². The van der Waals surface area contributed by atoms with Crippen molar-refractivity contribution in [3.8, 4) is 12.3 Å². The number of hydrogen-bond acceptors (Lipinski definition) is 7. The van der Waals surface area contributed by atoms with Crippen LogP contribution in [0.2, 0.25) is 0 Å². The summed E-state index contributed by atoms with van der Waals surface area (Å²) >= 11 is 0. The molecule has 1 aromatic heterocycles. The molecule has 11 nitrogen and oxygen atoms in total. The number of amides is 3. The first kappa shape index (κ1) is 35.4. The number of nitrogens with zero attached hydrogens (tertiary/aromatic N) is 5. The van der Waals surface area contributed by atoms with E-state index in [4.69, 9.17) is 15.1 Å². The Bertz CT molecular complexity index is 1350. The van der Waals surface area contributed by atoms with Gasteiger partial charge in [-0.25, -0.2) is 14.3 Å². The number of hydrogen-bond donors (Lipinski definition) is 1. The molecule has 0 radical (unpaired) electrons. The van der Waals surface area contributed by atoms with Crippen molar-refractivity contribution >= 4 is 23.5 Å². The van der Waals surface area contributed by atoms with E-state index >= 15 is 0 Å². The fourth-order valence-electron chi connectivity index (χ4n) is 5.56. The molecular formula is C32H44F2N6O5. The van der Waals surface area contributed by atoms with Crippen LogP contribution in [0, 0.1) is 23.5 Å². The number of carbonyl (C=O) groups excluding carboxylic acids is 3. The third-order valence-corrected chi connectivity index (χ3v) is 8.07. The molecule has 246 valence electrons. The first-order valence-electron chi connectivity index (χ1n) is 15.5. The van der Waals surface area contributed by atoms with Gasteiger partial charge < -0.3 is 19.7 Å². The molecule has 1 aliphatic carbocycles. The minimum absolute atomic E-state index is 0.0301. The van der Waals surface area contributed by atoms with Crippen LogP contribution in [0.4, 0.5) is 14.6 Å². The van der Waals surface area contributed by atoms with Crippen molar-refractivity contribution < 1.29 is 32.6 Å². The molecule has 3 fully saturated rings. The van der Waals surface area contributed by atoms with Crippen LogP contribution in [0.1, 0.15) is 97.7 Å². The Labute approximate surface area is 263 Å². The third kappa shape index (κ3) is 8.36. The third-order valence-electron chi connectivity index (χ3n) is 8.07. The van der Waals surface area contributed by atoms with E-state index in [2.05, 4.69) is 23.5 Å². The van der Waals surface area contributed by atoms with E-state index < -0.39 is 17.5 Å². The molecule has 2 aromatic rings. The van der Waals surface area contributed by atoms with Gasteiger partial charge in [0.05, 0.1) is 18.7 Å². The Morgan fingerprint density at radius 2 is 1.78 bits per heavy atom. The summed E-state index contributed by atoms with van der Waals surface area (Å²) in [7, 11) is 2.56. The number of likely N-dealkylation sites (tertiary alicyclic amines) is 1. The second-order valence-electron chi connectivity index (χ2n) is 11.1. The summed E-state index contributed by atoms with van der Waals surface area (Å²) in [6.45, 7) is 10.4. The Hall–Kier alpha value is -4.05. The molecule has 1 aromatic carbocycles. The first-order valence-corrected chi connectivity index (χ1v) is 15.5. The number of nitrogens with one attached hydrogen (secondary N) is 1. The van der Waals surface area contributed by atoms with E-state index in [0.717, 1.165) is 55.7 Å². The van der Waals surface area contributed by atoms with Gasteiger partial charge in [-0.1, -0.05) is 19.3 Å². The highest BCUT2D eigenvalue weighted by atomic mass is 19.2. The molecule has 1 atom stereocenters. The zero-order valence-electron chi connectivity index (χ0n) is 26.6. The van der Waals surface area contributed by atoms with Crippen LogP contribution in [0.15, 0.2) is 12.1 Å². The molecule has 1 N–H and O–H groups in total. The average molecular weight is 631 g/mol. The lowest BCUT2D eigenvalue weighted by Gasteiger charge is -2.31. The molecule has 45 heavy (non-hydrogen) atoms. The maximum absolute atomic E-state index is 13.2. The van der Waals surface area contributed by atoms with Crippen LogP contribution in [0.3, 0.4) is 0 Å². The summed E-state index contributed by atoms with van der Waals surface area (Å²) < 4.78 is 37.9. The summed E-state index contributed by atoms with van der Waals surface area (Å²) in [6.07, 6.45) is 9.40. The van der Waals surface area contributed by atoms with E-state index in [1.807, 2.05) is 21.4 Å². The van der Waals surface area contributed by atoms with E-state index in [0.29, 0.717) is 38.3 Å². The van der Waals surface area contributed by atoms with Crippen LogP contribution in [0.5, 0.6) is 5.75 Å². The molecule has 6 rings (SSSR count). The zero-order valence-corrected chi connectivity index (χ0v) is 26.6. The van der Waals surface area contributed by atoms with Crippen molar-refractivity contribution in [2.75, 3.05) is 45.4 Å². The average Bonchev–Trinajstić information content (AvgIpc) is 3.82. The number of rotatable bonds is 5. The number of halogens is 2. The standard InChI is InChI=1S/C19H28N4O3.C9H9F2NO2.C3H6.CHN/c1-3-21-16(24)7-6-15-17(19(25)22-10-4-5-13(22)2)20-23(18(15)21)14-8-11-26-12-9-14;1-12-9(13)5-3-4-6(10)7(11)8(5)14-2;1-2-3-1;1-2/h13-14H,3-12H2,1-2H3;3-4H,1-2H3,(H,12,13);1-3H2;1H. The van der Waals surface area contributed by atoms with Crippen molar-refractivity contribution in [1.29, 1.82) is 5.26 Å². The highest BCUT2D eigenvalue weighted by Gasteiger charge is 2.37. The van der Waals surface area contributed by atoms with Gasteiger partial charge in [0.2, 0.25) is 11.7 Å². The number of fused-ring (bicyclic) bond motifs is 1. The lowest BCUT2D eigenvalue weighted by atomic mass is 10.0. The van der Waals surface area contributed by atoms with Crippen LogP contribution in [-0.4, -0.2) is 78.9 Å². The SMILES string of the molecule is C#N.C1CC1.CCN1C(=O)CCc2c(C(=O)N3CCCC3C)nn(C3CCOCC3)c21.CNC(=O)c1ccc(F)c(F)c1OC.